The predicted molar refractivity (Wildman–Crippen MR) is 88.6 cm³/mol. The van der Waals surface area contributed by atoms with Crippen molar-refractivity contribution in [1.29, 1.82) is 0 Å². The monoisotopic (exact) mass is 404 g/mol. The second-order valence-electron chi connectivity index (χ2n) is 4.92. The first-order chi connectivity index (χ1) is 10.6. The zero-order valence-electron chi connectivity index (χ0n) is 11.9. The van der Waals surface area contributed by atoms with E-state index in [0.717, 1.165) is 0 Å². The number of halogens is 2. The summed E-state index contributed by atoms with van der Waals surface area (Å²) in [4.78, 5) is 22.6. The van der Waals surface area contributed by atoms with Gasteiger partial charge in [0.2, 0.25) is 4.97 Å². The van der Waals surface area contributed by atoms with Gasteiger partial charge in [-0.25, -0.2) is 4.79 Å². The highest BCUT2D eigenvalue weighted by atomic mass is 35.9. The van der Waals surface area contributed by atoms with Gasteiger partial charge in [0.1, 0.15) is 24.4 Å². The van der Waals surface area contributed by atoms with Crippen molar-refractivity contribution in [2.45, 2.75) is 37.9 Å². The van der Waals surface area contributed by atoms with Gasteiger partial charge in [-0.05, 0) is 41.2 Å². The van der Waals surface area contributed by atoms with Gasteiger partial charge in [-0.3, -0.25) is 9.78 Å². The summed E-state index contributed by atoms with van der Waals surface area (Å²) in [5, 5.41) is 20.1. The zero-order valence-corrected chi connectivity index (χ0v) is 15.1. The largest absolute Gasteiger partial charge is 0.387 e. The molecule has 1 fully saturated rings. The summed E-state index contributed by atoms with van der Waals surface area (Å²) < 4.78 is 11.8. The van der Waals surface area contributed by atoms with E-state index in [1.54, 1.807) is 6.92 Å². The first-order valence-corrected chi connectivity index (χ1v) is 11.2. The van der Waals surface area contributed by atoms with Crippen LogP contribution in [0.5, 0.6) is 0 Å². The summed E-state index contributed by atoms with van der Waals surface area (Å²) in [6.45, 7) is 1.81. The van der Waals surface area contributed by atoms with Crippen LogP contribution in [0, 0.1) is 0 Å². The molecule has 1 unspecified atom stereocenters. The molecule has 0 spiro atoms. The van der Waals surface area contributed by atoms with E-state index < -0.39 is 40.6 Å². The average molecular weight is 405 g/mol. The number of hydrogen-bond acceptors (Lipinski definition) is 7. The van der Waals surface area contributed by atoms with Crippen LogP contribution >= 0.6 is 27.5 Å². The molecule has 23 heavy (non-hydrogen) atoms. The van der Waals surface area contributed by atoms with Crippen LogP contribution in [0.2, 0.25) is 0 Å². The maximum absolute atomic E-state index is 11.9. The zero-order chi connectivity index (χ0) is 17.4. The summed E-state index contributed by atoms with van der Waals surface area (Å²) in [6, 6.07) is 0. The summed E-state index contributed by atoms with van der Waals surface area (Å²) >= 11 is 15.9. The Morgan fingerprint density at radius 3 is 2.65 bits per heavy atom. The Morgan fingerprint density at radius 1 is 1.43 bits per heavy atom. The Labute approximate surface area is 145 Å². The third-order valence-corrected chi connectivity index (χ3v) is 4.79. The maximum atomic E-state index is 11.9. The molecule has 12 heteroatoms. The fourth-order valence-electron chi connectivity index (χ4n) is 2.27. The molecule has 8 nitrogen and oxygen atoms in total. The molecular weight excluding hydrogens is 390 g/mol. The Kier molecular flexibility index (Phi) is 6.08. The van der Waals surface area contributed by atoms with Crippen molar-refractivity contribution < 1.29 is 19.5 Å². The van der Waals surface area contributed by atoms with E-state index in [2.05, 4.69) is 4.98 Å². The molecule has 0 amide bonds. The topological polar surface area (TPSA) is 114 Å². The second-order valence-corrected chi connectivity index (χ2v) is 12.1. The third kappa shape index (κ3) is 4.43. The number of aliphatic hydroxyl groups is 2. The number of H-pyrrole nitrogens is 1. The Balaban J connectivity index is 2.26. The highest BCUT2D eigenvalue weighted by Gasteiger charge is 2.45. The van der Waals surface area contributed by atoms with Crippen LogP contribution in [-0.4, -0.2) is 44.7 Å². The molecular formula is C11H15Cl2N2O6PS. The number of aryl methyl sites for hydroxylation is 1. The quantitative estimate of drug-likeness (QED) is 0.609. The number of rotatable bonds is 5. The fraction of sp³-hybridized carbons (Fsp3) is 0.636. The fourth-order valence-corrected chi connectivity index (χ4v) is 3.11. The Bertz CT molecular complexity index is 734. The lowest BCUT2D eigenvalue weighted by Crippen LogP contribution is -2.36. The normalized spacial score (nSPS) is 28.2. The van der Waals surface area contributed by atoms with Crippen LogP contribution < -0.4 is 11.2 Å². The smallest absolute Gasteiger partial charge is 0.328 e. The van der Waals surface area contributed by atoms with E-state index in [0.29, 0.717) is 6.54 Å². The van der Waals surface area contributed by atoms with Crippen molar-refractivity contribution in [3.05, 3.63) is 32.6 Å². The molecule has 1 aliphatic heterocycles. The predicted octanol–water partition coefficient (Wildman–Crippen LogP) is 0.437. The molecule has 130 valence electrons. The first-order valence-electron chi connectivity index (χ1n) is 6.63. The lowest BCUT2D eigenvalue weighted by Gasteiger charge is -2.16. The van der Waals surface area contributed by atoms with Crippen LogP contribution in [0.4, 0.5) is 0 Å². The molecule has 1 aromatic rings. The van der Waals surface area contributed by atoms with Gasteiger partial charge in [0.15, 0.2) is 0 Å². The average Bonchev–Trinajstić information content (AvgIpc) is 2.73. The first kappa shape index (κ1) is 19.1. The van der Waals surface area contributed by atoms with Gasteiger partial charge in [-0.1, -0.05) is 0 Å². The van der Waals surface area contributed by atoms with Crippen LogP contribution in [-0.2, 0) is 27.6 Å². The van der Waals surface area contributed by atoms with Gasteiger partial charge in [0.05, 0.1) is 12.2 Å². The molecule has 2 heterocycles. The second kappa shape index (κ2) is 7.33. The Hall–Kier alpha value is -0.250. The molecule has 0 saturated carbocycles. The van der Waals surface area contributed by atoms with Crippen molar-refractivity contribution in [3.8, 4) is 0 Å². The molecule has 3 N–H and O–H groups in total. The molecule has 1 aliphatic rings. The van der Waals surface area contributed by atoms with Gasteiger partial charge in [0, 0.05) is 12.7 Å². The highest BCUT2D eigenvalue weighted by molar-refractivity contribution is 8.36. The van der Waals surface area contributed by atoms with Gasteiger partial charge in [0.25, 0.3) is 5.56 Å². The van der Waals surface area contributed by atoms with Gasteiger partial charge >= 0.3 is 5.69 Å². The molecule has 0 aromatic carbocycles. The summed E-state index contributed by atoms with van der Waals surface area (Å²) in [6.07, 6.45) is -3.49. The van der Waals surface area contributed by atoms with E-state index in [-0.39, 0.29) is 12.2 Å². The maximum Gasteiger partial charge on any atom is 0.328 e. The standard InChI is InChI=1S/C11H15Cl2N2O6PS/c1-2-15-3-5(10(18)14-11(15)19)9-8(17)7(16)6(21-9)4-20-22(12,13)23/h3,6-9,16-17H,2,4H2,1H3,(H,14,18,19)/t6-,7?,8+,9+/m1/s1. The van der Waals surface area contributed by atoms with E-state index in [1.165, 1.54) is 10.8 Å². The number of aromatic amines is 1. The van der Waals surface area contributed by atoms with Crippen LogP contribution in [0.3, 0.4) is 0 Å². The van der Waals surface area contributed by atoms with E-state index in [9.17, 15) is 19.8 Å². The highest BCUT2D eigenvalue weighted by Crippen LogP contribution is 2.58. The third-order valence-electron chi connectivity index (χ3n) is 3.44. The number of nitrogens with zero attached hydrogens (tertiary/aromatic N) is 1. The lowest BCUT2D eigenvalue weighted by atomic mass is 10.0. The number of nitrogens with one attached hydrogen (secondary N) is 1. The summed E-state index contributed by atoms with van der Waals surface area (Å²) in [7, 11) is 0. The van der Waals surface area contributed by atoms with Crippen LogP contribution in [0.15, 0.2) is 15.8 Å². The van der Waals surface area contributed by atoms with E-state index in [1.807, 2.05) is 0 Å². The van der Waals surface area contributed by atoms with Gasteiger partial charge in [-0.15, -0.1) is 0 Å². The number of hydrogen-bond donors (Lipinski definition) is 3. The van der Waals surface area contributed by atoms with E-state index in [4.69, 9.17) is 43.5 Å². The SMILES string of the molecule is CCn1cc([C@@H]2O[C@H](COP(=S)(Cl)Cl)C(O)[C@@H]2O)c(=O)[nH]c1=O. The van der Waals surface area contributed by atoms with Crippen molar-refractivity contribution >= 4 is 39.3 Å². The molecule has 4 atom stereocenters. The summed E-state index contributed by atoms with van der Waals surface area (Å²) in [5.41, 5.74) is -1.24. The van der Waals surface area contributed by atoms with Crippen molar-refractivity contribution in [1.82, 2.24) is 9.55 Å². The molecule has 1 aromatic heterocycles. The number of aromatic nitrogens is 2. The molecule has 2 rings (SSSR count). The van der Waals surface area contributed by atoms with Crippen molar-refractivity contribution in [3.63, 3.8) is 0 Å². The minimum Gasteiger partial charge on any atom is -0.387 e. The van der Waals surface area contributed by atoms with Gasteiger partial charge in [-0.2, -0.15) is 0 Å². The number of aliphatic hydroxyl groups excluding tert-OH is 2. The van der Waals surface area contributed by atoms with Crippen LogP contribution in [0.25, 0.3) is 0 Å². The number of ether oxygens (including phenoxy) is 1. The summed E-state index contributed by atoms with van der Waals surface area (Å²) in [5.74, 6) is 0. The Morgan fingerprint density at radius 2 is 2.09 bits per heavy atom. The van der Waals surface area contributed by atoms with Crippen molar-refractivity contribution in [2.24, 2.45) is 0 Å². The molecule has 0 bridgehead atoms. The minimum atomic E-state index is -2.99. The molecule has 0 aliphatic carbocycles. The van der Waals surface area contributed by atoms with Crippen molar-refractivity contribution in [2.75, 3.05) is 6.61 Å². The minimum absolute atomic E-state index is 0.0247. The van der Waals surface area contributed by atoms with Crippen LogP contribution in [0.1, 0.15) is 18.6 Å². The van der Waals surface area contributed by atoms with E-state index >= 15 is 0 Å². The lowest BCUT2D eigenvalue weighted by molar-refractivity contribution is -0.0148. The molecule has 0 radical (unpaired) electrons. The van der Waals surface area contributed by atoms with Gasteiger partial charge < -0.3 is 24.0 Å². The molecule has 1 saturated heterocycles.